The first-order valence-electron chi connectivity index (χ1n) is 3.88. The lowest BCUT2D eigenvalue weighted by Gasteiger charge is -2.00. The predicted octanol–water partition coefficient (Wildman–Crippen LogP) is 1.23. The molecule has 0 spiro atoms. The van der Waals surface area contributed by atoms with E-state index in [9.17, 15) is 4.79 Å². The Kier molecular flexibility index (Phi) is 2.35. The number of hydrogen-bond donors (Lipinski definition) is 1. The maximum absolute atomic E-state index is 11.2. The van der Waals surface area contributed by atoms with E-state index in [0.29, 0.717) is 6.42 Å². The van der Waals surface area contributed by atoms with Gasteiger partial charge in [-0.1, -0.05) is 12.8 Å². The van der Waals surface area contributed by atoms with Crippen LogP contribution in [0.2, 0.25) is 0 Å². The molecule has 0 aromatic carbocycles. The zero-order valence-corrected chi connectivity index (χ0v) is 7.27. The van der Waals surface area contributed by atoms with E-state index < -0.39 is 0 Å². The van der Waals surface area contributed by atoms with E-state index in [1.54, 1.807) is 13.0 Å². The third kappa shape index (κ3) is 1.40. The van der Waals surface area contributed by atoms with Crippen LogP contribution in [-0.4, -0.2) is 4.98 Å². The topological polar surface area (TPSA) is 32.9 Å². The van der Waals surface area contributed by atoms with Crippen LogP contribution >= 0.6 is 0 Å². The van der Waals surface area contributed by atoms with Crippen LogP contribution in [0.25, 0.3) is 0 Å². The number of aromatic amines is 1. The molecule has 1 heterocycles. The van der Waals surface area contributed by atoms with Crippen molar-refractivity contribution in [3.63, 3.8) is 0 Å². The van der Waals surface area contributed by atoms with Crippen molar-refractivity contribution >= 4 is 0 Å². The van der Waals surface area contributed by atoms with Crippen LogP contribution in [-0.2, 0) is 6.42 Å². The monoisotopic (exact) mass is 161 g/mol. The number of aryl methyl sites for hydroxylation is 2. The lowest BCUT2D eigenvalue weighted by Crippen LogP contribution is -2.13. The molecule has 0 atom stereocenters. The summed E-state index contributed by atoms with van der Waals surface area (Å²) in [5, 5.41) is 0. The molecule has 1 N–H and O–H groups in total. The van der Waals surface area contributed by atoms with Crippen LogP contribution in [0.4, 0.5) is 0 Å². The van der Waals surface area contributed by atoms with Gasteiger partial charge in [-0.25, -0.2) is 0 Å². The Morgan fingerprint density at radius 2 is 2.33 bits per heavy atom. The molecule has 1 aromatic rings. The summed E-state index contributed by atoms with van der Waals surface area (Å²) in [6.07, 6.45) is 5.96. The van der Waals surface area contributed by atoms with Crippen molar-refractivity contribution in [2.75, 3.05) is 0 Å². The molecule has 12 heavy (non-hydrogen) atoms. The van der Waals surface area contributed by atoms with E-state index in [1.807, 2.05) is 6.92 Å². The quantitative estimate of drug-likeness (QED) is 0.617. The third-order valence-electron chi connectivity index (χ3n) is 1.85. The molecule has 0 bridgehead atoms. The normalized spacial score (nSPS) is 9.42. The van der Waals surface area contributed by atoms with Crippen LogP contribution in [0.5, 0.6) is 0 Å². The summed E-state index contributed by atoms with van der Waals surface area (Å²) in [6, 6.07) is 1.77. The predicted molar refractivity (Wildman–Crippen MR) is 49.1 cm³/mol. The molecular weight excluding hydrogens is 150 g/mol. The summed E-state index contributed by atoms with van der Waals surface area (Å²) in [5.74, 6) is 2.53. The molecular formula is C10H11NO. The average molecular weight is 161 g/mol. The lowest BCUT2D eigenvalue weighted by atomic mass is 10.1. The van der Waals surface area contributed by atoms with Gasteiger partial charge in [-0.15, -0.1) is 6.42 Å². The van der Waals surface area contributed by atoms with Crippen molar-refractivity contribution in [2.24, 2.45) is 0 Å². The van der Waals surface area contributed by atoms with Crippen molar-refractivity contribution in [3.05, 3.63) is 33.2 Å². The molecule has 0 unspecified atom stereocenters. The Hall–Kier alpha value is -1.49. The van der Waals surface area contributed by atoms with Crippen LogP contribution in [0.3, 0.4) is 0 Å². The second-order valence-electron chi connectivity index (χ2n) is 2.66. The van der Waals surface area contributed by atoms with E-state index in [4.69, 9.17) is 6.42 Å². The van der Waals surface area contributed by atoms with Gasteiger partial charge in [0.2, 0.25) is 0 Å². The van der Waals surface area contributed by atoms with Crippen molar-refractivity contribution in [1.82, 2.24) is 4.98 Å². The number of nitrogens with one attached hydrogen (secondary N) is 1. The van der Waals surface area contributed by atoms with Crippen LogP contribution in [0.1, 0.15) is 23.7 Å². The highest BCUT2D eigenvalue weighted by Crippen LogP contribution is 2.02. The van der Waals surface area contributed by atoms with Crippen molar-refractivity contribution in [2.45, 2.75) is 20.3 Å². The minimum absolute atomic E-state index is 0.0333. The van der Waals surface area contributed by atoms with E-state index in [1.165, 1.54) is 0 Å². The van der Waals surface area contributed by atoms with Gasteiger partial charge in [-0.05, 0) is 19.4 Å². The van der Waals surface area contributed by atoms with Gasteiger partial charge in [0.25, 0.3) is 5.56 Å². The molecule has 62 valence electrons. The number of rotatable bonds is 1. The van der Waals surface area contributed by atoms with Gasteiger partial charge >= 0.3 is 0 Å². The Bertz CT molecular complexity index is 382. The molecule has 0 amide bonds. The number of aromatic nitrogens is 1. The maximum Gasteiger partial charge on any atom is 0.251 e. The lowest BCUT2D eigenvalue weighted by molar-refractivity contribution is 1.03. The minimum Gasteiger partial charge on any atom is -0.325 e. The van der Waals surface area contributed by atoms with Crippen molar-refractivity contribution in [3.8, 4) is 12.3 Å². The van der Waals surface area contributed by atoms with Gasteiger partial charge < -0.3 is 4.98 Å². The zero-order chi connectivity index (χ0) is 9.14. The van der Waals surface area contributed by atoms with Crippen LogP contribution in [0.15, 0.2) is 10.9 Å². The second kappa shape index (κ2) is 3.27. The molecule has 1 rings (SSSR count). The van der Waals surface area contributed by atoms with Crippen molar-refractivity contribution in [1.29, 1.82) is 0 Å². The molecule has 0 aliphatic carbocycles. The first kappa shape index (κ1) is 8.61. The van der Waals surface area contributed by atoms with E-state index >= 15 is 0 Å². The SMILES string of the molecule is C#Cc1cc(CC)c(=O)[nH]c1C. The van der Waals surface area contributed by atoms with E-state index in [0.717, 1.165) is 16.8 Å². The second-order valence-corrected chi connectivity index (χ2v) is 2.66. The molecule has 2 heteroatoms. The van der Waals surface area contributed by atoms with Gasteiger partial charge in [0.15, 0.2) is 0 Å². The van der Waals surface area contributed by atoms with Crippen LogP contribution < -0.4 is 5.56 Å². The van der Waals surface area contributed by atoms with Crippen LogP contribution in [0, 0.1) is 19.3 Å². The highest BCUT2D eigenvalue weighted by molar-refractivity contribution is 5.37. The first-order chi connectivity index (χ1) is 5.69. The van der Waals surface area contributed by atoms with Crippen molar-refractivity contribution < 1.29 is 0 Å². The molecule has 0 fully saturated rings. The Balaban J connectivity index is 3.40. The molecule has 0 aliphatic heterocycles. The molecule has 0 radical (unpaired) electrons. The summed E-state index contributed by atoms with van der Waals surface area (Å²) < 4.78 is 0. The largest absolute Gasteiger partial charge is 0.325 e. The Labute approximate surface area is 71.6 Å². The first-order valence-corrected chi connectivity index (χ1v) is 3.88. The zero-order valence-electron chi connectivity index (χ0n) is 7.27. The summed E-state index contributed by atoms with van der Waals surface area (Å²) in [6.45, 7) is 3.73. The van der Waals surface area contributed by atoms with E-state index in [-0.39, 0.29) is 5.56 Å². The van der Waals surface area contributed by atoms with E-state index in [2.05, 4.69) is 10.9 Å². The smallest absolute Gasteiger partial charge is 0.251 e. The highest BCUT2D eigenvalue weighted by atomic mass is 16.1. The average Bonchev–Trinajstić information content (AvgIpc) is 2.05. The van der Waals surface area contributed by atoms with Gasteiger partial charge in [0, 0.05) is 16.8 Å². The molecule has 0 saturated carbocycles. The fourth-order valence-electron chi connectivity index (χ4n) is 1.08. The standard InChI is InChI=1S/C10H11NO/c1-4-8-6-9(5-2)10(12)11-7(8)3/h1,6H,5H2,2-3H3,(H,11,12). The minimum atomic E-state index is -0.0333. The number of hydrogen-bond acceptors (Lipinski definition) is 1. The molecule has 0 aliphatic rings. The Morgan fingerprint density at radius 1 is 1.67 bits per heavy atom. The van der Waals surface area contributed by atoms with Gasteiger partial charge in [0.1, 0.15) is 0 Å². The number of H-pyrrole nitrogens is 1. The summed E-state index contributed by atoms with van der Waals surface area (Å²) in [7, 11) is 0. The molecule has 1 aromatic heterocycles. The molecule has 0 saturated heterocycles. The fraction of sp³-hybridized carbons (Fsp3) is 0.300. The Morgan fingerprint density at radius 3 is 2.83 bits per heavy atom. The number of pyridine rings is 1. The fourth-order valence-corrected chi connectivity index (χ4v) is 1.08. The highest BCUT2D eigenvalue weighted by Gasteiger charge is 2.00. The summed E-state index contributed by atoms with van der Waals surface area (Å²) >= 11 is 0. The summed E-state index contributed by atoms with van der Waals surface area (Å²) in [4.78, 5) is 13.9. The molecule has 2 nitrogen and oxygen atoms in total. The van der Waals surface area contributed by atoms with Gasteiger partial charge in [-0.2, -0.15) is 0 Å². The van der Waals surface area contributed by atoms with Gasteiger partial charge in [0.05, 0.1) is 0 Å². The van der Waals surface area contributed by atoms with Gasteiger partial charge in [-0.3, -0.25) is 4.79 Å². The number of terminal acetylenes is 1. The third-order valence-corrected chi connectivity index (χ3v) is 1.85. The maximum atomic E-state index is 11.2. The summed E-state index contributed by atoms with van der Waals surface area (Å²) in [5.41, 5.74) is 2.24.